The summed E-state index contributed by atoms with van der Waals surface area (Å²) in [5.41, 5.74) is 0. The Bertz CT molecular complexity index is 215. The lowest BCUT2D eigenvalue weighted by Crippen LogP contribution is -2.45. The van der Waals surface area contributed by atoms with Gasteiger partial charge in [0, 0.05) is 19.2 Å². The van der Waals surface area contributed by atoms with Crippen molar-refractivity contribution in [3.8, 4) is 0 Å². The predicted molar refractivity (Wildman–Crippen MR) is 64.3 cm³/mol. The summed E-state index contributed by atoms with van der Waals surface area (Å²) in [6.07, 6.45) is 2.64. The maximum atomic E-state index is 11.5. The number of hydrogen-bond donors (Lipinski definition) is 2. The van der Waals surface area contributed by atoms with Crippen LogP contribution in [0.1, 0.15) is 33.6 Å². The second-order valence-electron chi connectivity index (χ2n) is 4.86. The minimum absolute atomic E-state index is 0.0530. The average Bonchev–Trinajstić information content (AvgIpc) is 2.99. The van der Waals surface area contributed by atoms with E-state index in [2.05, 4.69) is 10.6 Å². The fourth-order valence-electron chi connectivity index (χ4n) is 1.38. The van der Waals surface area contributed by atoms with Gasteiger partial charge in [-0.05, 0) is 39.5 Å². The Kier molecular flexibility index (Phi) is 5.77. The molecular formula is C12H24N2O2. The van der Waals surface area contributed by atoms with Crippen LogP contribution in [0.2, 0.25) is 0 Å². The Hall–Kier alpha value is -0.610. The summed E-state index contributed by atoms with van der Waals surface area (Å²) in [6.45, 7) is 8.11. The zero-order valence-electron chi connectivity index (χ0n) is 10.6. The first kappa shape index (κ1) is 13.5. The standard InChI is InChI=1S/C12H24N2O2/c1-9(2)14-12(15)10(3)13-6-7-16-8-11-4-5-11/h9-11,13H,4-8H2,1-3H3,(H,14,15). The third kappa shape index (κ3) is 6.08. The van der Waals surface area contributed by atoms with Gasteiger partial charge in [0.2, 0.25) is 5.91 Å². The largest absolute Gasteiger partial charge is 0.380 e. The van der Waals surface area contributed by atoms with E-state index in [-0.39, 0.29) is 18.0 Å². The van der Waals surface area contributed by atoms with E-state index in [1.807, 2.05) is 20.8 Å². The van der Waals surface area contributed by atoms with Crippen molar-refractivity contribution in [3.63, 3.8) is 0 Å². The maximum absolute atomic E-state index is 11.5. The molecule has 1 unspecified atom stereocenters. The molecule has 1 aliphatic rings. The normalized spacial score (nSPS) is 17.5. The van der Waals surface area contributed by atoms with E-state index in [1.165, 1.54) is 12.8 Å². The van der Waals surface area contributed by atoms with Gasteiger partial charge in [-0.15, -0.1) is 0 Å². The van der Waals surface area contributed by atoms with Crippen LogP contribution in [0.5, 0.6) is 0 Å². The zero-order chi connectivity index (χ0) is 12.0. The summed E-state index contributed by atoms with van der Waals surface area (Å²) >= 11 is 0. The smallest absolute Gasteiger partial charge is 0.237 e. The molecule has 16 heavy (non-hydrogen) atoms. The second kappa shape index (κ2) is 6.86. The van der Waals surface area contributed by atoms with Crippen LogP contribution in [0, 0.1) is 5.92 Å². The van der Waals surface area contributed by atoms with Gasteiger partial charge in [0.05, 0.1) is 12.6 Å². The molecule has 1 amide bonds. The van der Waals surface area contributed by atoms with E-state index in [1.54, 1.807) is 0 Å². The molecule has 1 rings (SSSR count). The molecule has 0 spiro atoms. The zero-order valence-corrected chi connectivity index (χ0v) is 10.6. The number of carbonyl (C=O) groups excluding carboxylic acids is 1. The van der Waals surface area contributed by atoms with Crippen LogP contribution in [0.15, 0.2) is 0 Å². The monoisotopic (exact) mass is 228 g/mol. The number of ether oxygens (including phenoxy) is 1. The SMILES string of the molecule is CC(C)NC(=O)C(C)NCCOCC1CC1. The summed E-state index contributed by atoms with van der Waals surface area (Å²) in [4.78, 5) is 11.5. The Balaban J connectivity index is 1.95. The lowest BCUT2D eigenvalue weighted by atomic mass is 10.3. The van der Waals surface area contributed by atoms with Gasteiger partial charge in [-0.25, -0.2) is 0 Å². The Morgan fingerprint density at radius 1 is 1.38 bits per heavy atom. The van der Waals surface area contributed by atoms with Gasteiger partial charge in [-0.3, -0.25) is 4.79 Å². The van der Waals surface area contributed by atoms with Gasteiger partial charge >= 0.3 is 0 Å². The first-order valence-electron chi connectivity index (χ1n) is 6.21. The Morgan fingerprint density at radius 2 is 2.06 bits per heavy atom. The van der Waals surface area contributed by atoms with Gasteiger partial charge in [0.1, 0.15) is 0 Å². The molecule has 0 aliphatic heterocycles. The molecule has 4 heteroatoms. The molecule has 1 atom stereocenters. The van der Waals surface area contributed by atoms with Crippen LogP contribution in [0.25, 0.3) is 0 Å². The van der Waals surface area contributed by atoms with Crippen molar-refractivity contribution in [3.05, 3.63) is 0 Å². The van der Waals surface area contributed by atoms with Crippen molar-refractivity contribution in [2.75, 3.05) is 19.8 Å². The second-order valence-corrected chi connectivity index (χ2v) is 4.86. The highest BCUT2D eigenvalue weighted by atomic mass is 16.5. The molecule has 2 N–H and O–H groups in total. The Labute approximate surface area is 98.1 Å². The molecule has 1 fully saturated rings. The van der Waals surface area contributed by atoms with Crippen molar-refractivity contribution in [1.82, 2.24) is 10.6 Å². The first-order chi connectivity index (χ1) is 7.59. The summed E-state index contributed by atoms with van der Waals surface area (Å²) < 4.78 is 5.47. The maximum Gasteiger partial charge on any atom is 0.237 e. The van der Waals surface area contributed by atoms with Crippen molar-refractivity contribution in [2.45, 2.75) is 45.7 Å². The van der Waals surface area contributed by atoms with Crippen molar-refractivity contribution in [2.24, 2.45) is 5.92 Å². The van der Waals surface area contributed by atoms with Gasteiger partial charge in [-0.1, -0.05) is 0 Å². The molecule has 0 aromatic rings. The molecule has 94 valence electrons. The van der Waals surface area contributed by atoms with Crippen LogP contribution >= 0.6 is 0 Å². The van der Waals surface area contributed by atoms with Gasteiger partial charge < -0.3 is 15.4 Å². The lowest BCUT2D eigenvalue weighted by Gasteiger charge is -2.15. The minimum atomic E-state index is -0.146. The van der Waals surface area contributed by atoms with Crippen LogP contribution in [0.4, 0.5) is 0 Å². The van der Waals surface area contributed by atoms with Crippen molar-refractivity contribution < 1.29 is 9.53 Å². The summed E-state index contributed by atoms with van der Waals surface area (Å²) in [5.74, 6) is 0.860. The van der Waals surface area contributed by atoms with E-state index in [9.17, 15) is 4.79 Å². The molecule has 1 aliphatic carbocycles. The highest BCUT2D eigenvalue weighted by Gasteiger charge is 2.21. The summed E-state index contributed by atoms with van der Waals surface area (Å²) in [5, 5.41) is 6.01. The highest BCUT2D eigenvalue weighted by molar-refractivity contribution is 5.81. The van der Waals surface area contributed by atoms with Crippen LogP contribution < -0.4 is 10.6 Å². The molecule has 1 saturated carbocycles. The highest BCUT2D eigenvalue weighted by Crippen LogP contribution is 2.28. The van der Waals surface area contributed by atoms with E-state index in [0.29, 0.717) is 6.61 Å². The summed E-state index contributed by atoms with van der Waals surface area (Å²) in [7, 11) is 0. The molecule has 0 aromatic heterocycles. The van der Waals surface area contributed by atoms with Crippen LogP contribution in [-0.2, 0) is 9.53 Å². The number of amides is 1. The van der Waals surface area contributed by atoms with Gasteiger partial charge in [-0.2, -0.15) is 0 Å². The fraction of sp³-hybridized carbons (Fsp3) is 0.917. The minimum Gasteiger partial charge on any atom is -0.380 e. The van der Waals surface area contributed by atoms with E-state index in [0.717, 1.165) is 19.1 Å². The number of hydrogen-bond acceptors (Lipinski definition) is 3. The van der Waals surface area contributed by atoms with Gasteiger partial charge in [0.15, 0.2) is 0 Å². The van der Waals surface area contributed by atoms with Crippen LogP contribution in [0.3, 0.4) is 0 Å². The third-order valence-electron chi connectivity index (χ3n) is 2.57. The van der Waals surface area contributed by atoms with E-state index in [4.69, 9.17) is 4.74 Å². The average molecular weight is 228 g/mol. The van der Waals surface area contributed by atoms with Crippen molar-refractivity contribution in [1.29, 1.82) is 0 Å². The van der Waals surface area contributed by atoms with Gasteiger partial charge in [0.25, 0.3) is 0 Å². The number of carbonyl (C=O) groups is 1. The van der Waals surface area contributed by atoms with E-state index >= 15 is 0 Å². The number of rotatable bonds is 8. The topological polar surface area (TPSA) is 50.4 Å². The molecule has 0 radical (unpaired) electrons. The quantitative estimate of drug-likeness (QED) is 0.607. The first-order valence-corrected chi connectivity index (χ1v) is 6.21. The fourth-order valence-corrected chi connectivity index (χ4v) is 1.38. The Morgan fingerprint density at radius 3 is 2.62 bits per heavy atom. The molecule has 0 saturated heterocycles. The van der Waals surface area contributed by atoms with E-state index < -0.39 is 0 Å². The molecule has 0 bridgehead atoms. The van der Waals surface area contributed by atoms with Crippen LogP contribution in [-0.4, -0.2) is 37.7 Å². The molecule has 0 aromatic carbocycles. The number of nitrogens with one attached hydrogen (secondary N) is 2. The molecule has 4 nitrogen and oxygen atoms in total. The molecule has 0 heterocycles. The predicted octanol–water partition coefficient (Wildman–Crippen LogP) is 0.916. The summed E-state index contributed by atoms with van der Waals surface area (Å²) in [6, 6.07) is 0.0507. The molecular weight excluding hydrogens is 204 g/mol. The lowest BCUT2D eigenvalue weighted by molar-refractivity contribution is -0.123. The van der Waals surface area contributed by atoms with Crippen molar-refractivity contribution >= 4 is 5.91 Å². The third-order valence-corrected chi connectivity index (χ3v) is 2.57.